The highest BCUT2D eigenvalue weighted by atomic mass is 15.2. The van der Waals surface area contributed by atoms with Gasteiger partial charge in [-0.05, 0) is 43.7 Å². The van der Waals surface area contributed by atoms with Gasteiger partial charge in [-0.15, -0.1) is 0 Å². The summed E-state index contributed by atoms with van der Waals surface area (Å²) in [5.74, 6) is 1.14. The Kier molecular flexibility index (Phi) is 2.56. The lowest BCUT2D eigenvalue weighted by Gasteiger charge is -2.31. The van der Waals surface area contributed by atoms with Crippen LogP contribution < -0.4 is 10.6 Å². The van der Waals surface area contributed by atoms with Crippen molar-refractivity contribution in [3.8, 4) is 0 Å². The second kappa shape index (κ2) is 4.06. The number of aryl methyl sites for hydroxylation is 2. The molecule has 0 bridgehead atoms. The lowest BCUT2D eigenvalue weighted by atomic mass is 10.1. The smallest absolute Gasteiger partial charge is 0.128 e. The van der Waals surface area contributed by atoms with E-state index in [2.05, 4.69) is 17.0 Å². The summed E-state index contributed by atoms with van der Waals surface area (Å²) < 4.78 is 0. The molecule has 1 saturated heterocycles. The monoisotopic (exact) mass is 217 g/mol. The van der Waals surface area contributed by atoms with Crippen LogP contribution in [0.25, 0.3) is 0 Å². The lowest BCUT2D eigenvalue weighted by Crippen LogP contribution is -2.43. The van der Waals surface area contributed by atoms with Crippen LogP contribution in [0.15, 0.2) is 12.1 Å². The molecule has 3 nitrogen and oxygen atoms in total. The van der Waals surface area contributed by atoms with Gasteiger partial charge in [-0.1, -0.05) is 6.07 Å². The summed E-state index contributed by atoms with van der Waals surface area (Å²) in [6.45, 7) is 2.07. The van der Waals surface area contributed by atoms with Gasteiger partial charge in [0.25, 0.3) is 0 Å². The Labute approximate surface area is 96.7 Å². The van der Waals surface area contributed by atoms with Crippen molar-refractivity contribution in [2.75, 3.05) is 18.0 Å². The molecule has 0 amide bonds. The molecule has 1 aromatic heterocycles. The minimum atomic E-state index is 0.323. The molecular weight excluding hydrogens is 198 g/mol. The largest absolute Gasteiger partial charge is 0.355 e. The molecule has 1 atom stereocenters. The quantitative estimate of drug-likeness (QED) is 0.775. The van der Waals surface area contributed by atoms with Gasteiger partial charge in [0.05, 0.1) is 0 Å². The first-order valence-corrected chi connectivity index (χ1v) is 6.32. The summed E-state index contributed by atoms with van der Waals surface area (Å²) in [7, 11) is 0. The van der Waals surface area contributed by atoms with E-state index in [9.17, 15) is 0 Å². The highest BCUT2D eigenvalue weighted by molar-refractivity contribution is 5.43. The van der Waals surface area contributed by atoms with Gasteiger partial charge in [0.2, 0.25) is 0 Å². The molecule has 0 saturated carbocycles. The summed E-state index contributed by atoms with van der Waals surface area (Å²) in [5.41, 5.74) is 8.77. The standard InChI is InChI=1S/C13H19N3/c14-11-4-2-8-16(9-11)13-7-6-10-3-1-5-12(10)15-13/h6-7,11H,1-5,8-9,14H2/t11-/m1/s1. The number of piperidine rings is 1. The Morgan fingerprint density at radius 2 is 2.19 bits per heavy atom. The summed E-state index contributed by atoms with van der Waals surface area (Å²) in [6.07, 6.45) is 5.98. The number of nitrogens with two attached hydrogens (primary N) is 1. The van der Waals surface area contributed by atoms with Crippen molar-refractivity contribution in [1.82, 2.24) is 4.98 Å². The fourth-order valence-corrected chi connectivity index (χ4v) is 2.80. The van der Waals surface area contributed by atoms with E-state index in [0.717, 1.165) is 31.7 Å². The predicted molar refractivity (Wildman–Crippen MR) is 65.7 cm³/mol. The van der Waals surface area contributed by atoms with Crippen LogP contribution in [-0.2, 0) is 12.8 Å². The third-order valence-electron chi connectivity index (χ3n) is 3.70. The first kappa shape index (κ1) is 10.1. The molecule has 2 aliphatic rings. The number of anilines is 1. The summed E-state index contributed by atoms with van der Waals surface area (Å²) in [6, 6.07) is 4.75. The van der Waals surface area contributed by atoms with Crippen LogP contribution in [0.1, 0.15) is 30.5 Å². The van der Waals surface area contributed by atoms with Crippen LogP contribution in [0, 0.1) is 0 Å². The zero-order chi connectivity index (χ0) is 11.0. The molecule has 16 heavy (non-hydrogen) atoms. The molecule has 1 fully saturated rings. The Hall–Kier alpha value is -1.09. The molecule has 0 spiro atoms. The number of nitrogens with zero attached hydrogens (tertiary/aromatic N) is 2. The van der Waals surface area contributed by atoms with Crippen molar-refractivity contribution in [3.05, 3.63) is 23.4 Å². The molecular formula is C13H19N3. The van der Waals surface area contributed by atoms with E-state index in [1.165, 1.54) is 30.5 Å². The van der Waals surface area contributed by atoms with Crippen LogP contribution in [0.2, 0.25) is 0 Å². The Morgan fingerprint density at radius 1 is 1.25 bits per heavy atom. The van der Waals surface area contributed by atoms with Gasteiger partial charge in [-0.2, -0.15) is 0 Å². The maximum atomic E-state index is 6.01. The number of aromatic nitrogens is 1. The fourth-order valence-electron chi connectivity index (χ4n) is 2.80. The molecule has 1 aliphatic heterocycles. The SMILES string of the molecule is N[C@@H]1CCCN(c2ccc3c(n2)CCC3)C1. The summed E-state index contributed by atoms with van der Waals surface area (Å²) >= 11 is 0. The summed E-state index contributed by atoms with van der Waals surface area (Å²) in [5, 5.41) is 0. The first-order valence-electron chi connectivity index (χ1n) is 6.32. The van der Waals surface area contributed by atoms with Crippen LogP contribution in [0.4, 0.5) is 5.82 Å². The molecule has 2 heterocycles. The van der Waals surface area contributed by atoms with E-state index in [0.29, 0.717) is 6.04 Å². The van der Waals surface area contributed by atoms with E-state index >= 15 is 0 Å². The molecule has 3 rings (SSSR count). The first-order chi connectivity index (χ1) is 7.83. The number of fused-ring (bicyclic) bond motifs is 1. The third-order valence-corrected chi connectivity index (χ3v) is 3.70. The zero-order valence-electron chi connectivity index (χ0n) is 9.65. The second-order valence-electron chi connectivity index (χ2n) is 4.98. The van der Waals surface area contributed by atoms with Crippen molar-refractivity contribution in [3.63, 3.8) is 0 Å². The van der Waals surface area contributed by atoms with Crippen molar-refractivity contribution in [2.24, 2.45) is 5.73 Å². The number of hydrogen-bond donors (Lipinski definition) is 1. The molecule has 0 unspecified atom stereocenters. The molecule has 0 aromatic carbocycles. The van der Waals surface area contributed by atoms with Crippen LogP contribution >= 0.6 is 0 Å². The number of hydrogen-bond acceptors (Lipinski definition) is 3. The Morgan fingerprint density at radius 3 is 3.06 bits per heavy atom. The average molecular weight is 217 g/mol. The van der Waals surface area contributed by atoms with E-state index in [-0.39, 0.29) is 0 Å². The molecule has 1 aliphatic carbocycles. The van der Waals surface area contributed by atoms with E-state index in [1.807, 2.05) is 0 Å². The Bertz CT molecular complexity index is 389. The van der Waals surface area contributed by atoms with Gasteiger partial charge >= 0.3 is 0 Å². The van der Waals surface area contributed by atoms with E-state index in [1.54, 1.807) is 0 Å². The molecule has 0 radical (unpaired) electrons. The van der Waals surface area contributed by atoms with Crippen molar-refractivity contribution in [1.29, 1.82) is 0 Å². The summed E-state index contributed by atoms with van der Waals surface area (Å²) in [4.78, 5) is 7.12. The van der Waals surface area contributed by atoms with Gasteiger partial charge < -0.3 is 10.6 Å². The minimum Gasteiger partial charge on any atom is -0.355 e. The van der Waals surface area contributed by atoms with Crippen LogP contribution in [0.3, 0.4) is 0 Å². The number of pyridine rings is 1. The molecule has 2 N–H and O–H groups in total. The fraction of sp³-hybridized carbons (Fsp3) is 0.615. The van der Waals surface area contributed by atoms with Gasteiger partial charge in [-0.3, -0.25) is 0 Å². The van der Waals surface area contributed by atoms with Crippen LogP contribution in [0.5, 0.6) is 0 Å². The maximum Gasteiger partial charge on any atom is 0.128 e. The predicted octanol–water partition coefficient (Wildman–Crippen LogP) is 1.50. The minimum absolute atomic E-state index is 0.323. The van der Waals surface area contributed by atoms with Crippen LogP contribution in [-0.4, -0.2) is 24.1 Å². The highest BCUT2D eigenvalue weighted by Gasteiger charge is 2.19. The average Bonchev–Trinajstić information content (AvgIpc) is 2.75. The van der Waals surface area contributed by atoms with Crippen molar-refractivity contribution < 1.29 is 0 Å². The molecule has 86 valence electrons. The molecule has 1 aromatic rings. The van der Waals surface area contributed by atoms with Crippen molar-refractivity contribution >= 4 is 5.82 Å². The van der Waals surface area contributed by atoms with Gasteiger partial charge in [0.1, 0.15) is 5.82 Å². The zero-order valence-corrected chi connectivity index (χ0v) is 9.65. The Balaban J connectivity index is 1.83. The maximum absolute atomic E-state index is 6.01. The van der Waals surface area contributed by atoms with Gasteiger partial charge in [-0.25, -0.2) is 4.98 Å². The second-order valence-corrected chi connectivity index (χ2v) is 4.98. The normalized spacial score (nSPS) is 24.6. The topological polar surface area (TPSA) is 42.1 Å². The molecule has 3 heteroatoms. The van der Waals surface area contributed by atoms with Crippen molar-refractivity contribution in [2.45, 2.75) is 38.1 Å². The van der Waals surface area contributed by atoms with E-state index < -0.39 is 0 Å². The third kappa shape index (κ3) is 1.80. The number of rotatable bonds is 1. The highest BCUT2D eigenvalue weighted by Crippen LogP contribution is 2.24. The lowest BCUT2D eigenvalue weighted by molar-refractivity contribution is 0.503. The van der Waals surface area contributed by atoms with Gasteiger partial charge in [0.15, 0.2) is 0 Å². The van der Waals surface area contributed by atoms with E-state index in [4.69, 9.17) is 10.7 Å². The van der Waals surface area contributed by atoms with Gasteiger partial charge in [0, 0.05) is 24.8 Å².